The number of nitriles is 1. The fourth-order valence-corrected chi connectivity index (χ4v) is 2.98. The van der Waals surface area contributed by atoms with Crippen LogP contribution in [0.15, 0.2) is 72.3 Å². The van der Waals surface area contributed by atoms with Crippen LogP contribution in [0.2, 0.25) is 5.02 Å². The maximum atomic E-state index is 12.5. The van der Waals surface area contributed by atoms with Crippen molar-refractivity contribution in [3.05, 3.63) is 94.0 Å². The highest BCUT2D eigenvalue weighted by Gasteiger charge is 2.14. The van der Waals surface area contributed by atoms with Crippen molar-refractivity contribution in [1.82, 2.24) is 0 Å². The first-order chi connectivity index (χ1) is 15.4. The number of carbonyl (C=O) groups excluding carboxylic acids is 2. The van der Waals surface area contributed by atoms with Crippen LogP contribution in [-0.2, 0) is 4.79 Å². The molecule has 0 unspecified atom stereocenters. The van der Waals surface area contributed by atoms with Gasteiger partial charge in [0.2, 0.25) is 0 Å². The Labute approximate surface area is 190 Å². The fraction of sp³-hybridized carbons (Fsp3) is 0.0800. The highest BCUT2D eigenvalue weighted by Crippen LogP contribution is 2.30. The lowest BCUT2D eigenvalue weighted by atomic mass is 10.1. The molecule has 32 heavy (non-hydrogen) atoms. The monoisotopic (exact) mass is 446 g/mol. The van der Waals surface area contributed by atoms with Crippen LogP contribution in [0.4, 0.5) is 5.69 Å². The molecule has 3 aromatic rings. The van der Waals surface area contributed by atoms with Crippen LogP contribution < -0.4 is 14.8 Å². The molecule has 0 aliphatic carbocycles. The fourth-order valence-electron chi connectivity index (χ4n) is 2.79. The van der Waals surface area contributed by atoms with Crippen LogP contribution in [0.25, 0.3) is 6.08 Å². The van der Waals surface area contributed by atoms with Gasteiger partial charge in [0.1, 0.15) is 11.6 Å². The second-order valence-corrected chi connectivity index (χ2v) is 7.24. The quantitative estimate of drug-likeness (QED) is 0.236. The van der Waals surface area contributed by atoms with E-state index < -0.39 is 11.9 Å². The smallest absolute Gasteiger partial charge is 0.343 e. The third-order valence-electron chi connectivity index (χ3n) is 4.44. The van der Waals surface area contributed by atoms with Crippen molar-refractivity contribution < 1.29 is 19.1 Å². The van der Waals surface area contributed by atoms with E-state index in [-0.39, 0.29) is 17.1 Å². The third-order valence-corrected chi connectivity index (χ3v) is 4.67. The molecule has 0 heterocycles. The Morgan fingerprint density at radius 2 is 1.78 bits per heavy atom. The van der Waals surface area contributed by atoms with E-state index in [2.05, 4.69) is 5.32 Å². The molecular formula is C25H19ClN2O4. The summed E-state index contributed by atoms with van der Waals surface area (Å²) in [4.78, 5) is 24.9. The number of hydrogen-bond donors (Lipinski definition) is 1. The molecule has 3 aromatic carbocycles. The van der Waals surface area contributed by atoms with Crippen LogP contribution in [0, 0.1) is 18.3 Å². The van der Waals surface area contributed by atoms with Crippen LogP contribution >= 0.6 is 11.6 Å². The second-order valence-electron chi connectivity index (χ2n) is 6.80. The number of aryl methyl sites for hydroxylation is 1. The number of esters is 1. The summed E-state index contributed by atoms with van der Waals surface area (Å²) in [7, 11) is 1.43. The Morgan fingerprint density at radius 3 is 2.44 bits per heavy atom. The number of hydrogen-bond acceptors (Lipinski definition) is 5. The molecule has 7 heteroatoms. The van der Waals surface area contributed by atoms with E-state index in [9.17, 15) is 14.9 Å². The van der Waals surface area contributed by atoms with E-state index in [1.54, 1.807) is 54.6 Å². The molecule has 0 saturated carbocycles. The van der Waals surface area contributed by atoms with Crippen molar-refractivity contribution >= 4 is 35.2 Å². The molecule has 1 amide bonds. The minimum Gasteiger partial charge on any atom is -0.493 e. The molecule has 0 aliphatic rings. The van der Waals surface area contributed by atoms with Crippen LogP contribution in [0.5, 0.6) is 11.5 Å². The lowest BCUT2D eigenvalue weighted by Gasteiger charge is -2.10. The number of benzene rings is 3. The molecule has 1 N–H and O–H groups in total. The minimum atomic E-state index is -0.580. The summed E-state index contributed by atoms with van der Waals surface area (Å²) >= 11 is 5.92. The Kier molecular flexibility index (Phi) is 7.27. The van der Waals surface area contributed by atoms with Crippen molar-refractivity contribution in [1.29, 1.82) is 5.26 Å². The molecule has 0 saturated heterocycles. The van der Waals surface area contributed by atoms with E-state index in [4.69, 9.17) is 21.1 Å². The summed E-state index contributed by atoms with van der Waals surface area (Å²) in [5.74, 6) is -0.599. The molecule has 0 fully saturated rings. The topological polar surface area (TPSA) is 88.4 Å². The van der Waals surface area contributed by atoms with Gasteiger partial charge in [0, 0.05) is 10.7 Å². The summed E-state index contributed by atoms with van der Waals surface area (Å²) < 4.78 is 10.8. The molecule has 3 rings (SSSR count). The lowest BCUT2D eigenvalue weighted by Crippen LogP contribution is -2.13. The molecule has 0 aliphatic heterocycles. The number of amides is 1. The van der Waals surface area contributed by atoms with Crippen molar-refractivity contribution in [2.45, 2.75) is 6.92 Å². The maximum absolute atomic E-state index is 12.5. The predicted octanol–water partition coefficient (Wildman–Crippen LogP) is 5.42. The number of anilines is 1. The molecule has 0 aromatic heterocycles. The number of halogens is 1. The van der Waals surface area contributed by atoms with Gasteiger partial charge >= 0.3 is 5.97 Å². The van der Waals surface area contributed by atoms with Crippen LogP contribution in [0.1, 0.15) is 21.5 Å². The first kappa shape index (κ1) is 22.6. The number of nitrogens with zero attached hydrogens (tertiary/aromatic N) is 1. The molecule has 0 radical (unpaired) electrons. The van der Waals surface area contributed by atoms with Gasteiger partial charge in [-0.15, -0.1) is 0 Å². The van der Waals surface area contributed by atoms with E-state index >= 15 is 0 Å². The van der Waals surface area contributed by atoms with Gasteiger partial charge in [0.25, 0.3) is 5.91 Å². The number of nitrogens with one attached hydrogen (secondary N) is 1. The van der Waals surface area contributed by atoms with E-state index in [1.807, 2.05) is 25.1 Å². The molecule has 160 valence electrons. The van der Waals surface area contributed by atoms with E-state index in [0.29, 0.717) is 21.8 Å². The van der Waals surface area contributed by atoms with Gasteiger partial charge in [-0.3, -0.25) is 4.79 Å². The van der Waals surface area contributed by atoms with Gasteiger partial charge in [-0.1, -0.05) is 41.4 Å². The molecule has 6 nitrogen and oxygen atoms in total. The Morgan fingerprint density at radius 1 is 1.03 bits per heavy atom. The number of carbonyl (C=O) groups is 2. The van der Waals surface area contributed by atoms with Gasteiger partial charge in [-0.2, -0.15) is 5.26 Å². The Bertz CT molecular complexity index is 1230. The molecular weight excluding hydrogens is 428 g/mol. The van der Waals surface area contributed by atoms with Crippen LogP contribution in [0.3, 0.4) is 0 Å². The van der Waals surface area contributed by atoms with E-state index in [0.717, 1.165) is 5.56 Å². The average molecular weight is 447 g/mol. The molecule has 0 spiro atoms. The first-order valence-electron chi connectivity index (χ1n) is 9.55. The predicted molar refractivity (Wildman–Crippen MR) is 123 cm³/mol. The van der Waals surface area contributed by atoms with Crippen molar-refractivity contribution in [2.75, 3.05) is 12.4 Å². The van der Waals surface area contributed by atoms with Gasteiger partial charge in [-0.05, 0) is 61.0 Å². The normalized spacial score (nSPS) is 10.8. The number of methoxy groups -OCH3 is 1. The van der Waals surface area contributed by atoms with Gasteiger partial charge in [0.15, 0.2) is 11.5 Å². The summed E-state index contributed by atoms with van der Waals surface area (Å²) in [5, 5.41) is 12.5. The lowest BCUT2D eigenvalue weighted by molar-refractivity contribution is -0.112. The van der Waals surface area contributed by atoms with Crippen molar-refractivity contribution in [3.63, 3.8) is 0 Å². The number of ether oxygens (including phenoxy) is 2. The second kappa shape index (κ2) is 10.3. The van der Waals surface area contributed by atoms with Gasteiger partial charge < -0.3 is 14.8 Å². The standard InChI is InChI=1S/C25H19ClN2O4/c1-16-6-9-18(10-7-16)25(30)32-22-11-8-17(13-23(22)31-2)12-19(15-27)24(29)28-21-5-3-4-20(26)14-21/h3-14H,1-2H3,(H,28,29)/b19-12+. The summed E-state index contributed by atoms with van der Waals surface area (Å²) in [5.41, 5.74) is 2.32. The highest BCUT2D eigenvalue weighted by molar-refractivity contribution is 6.31. The zero-order chi connectivity index (χ0) is 23.1. The average Bonchev–Trinajstić information content (AvgIpc) is 2.78. The van der Waals surface area contributed by atoms with Crippen molar-refractivity contribution in [3.8, 4) is 17.6 Å². The third kappa shape index (κ3) is 5.75. The zero-order valence-electron chi connectivity index (χ0n) is 17.4. The Hall–Kier alpha value is -4.08. The largest absolute Gasteiger partial charge is 0.493 e. The number of rotatable bonds is 6. The minimum absolute atomic E-state index is 0.114. The summed E-state index contributed by atoms with van der Waals surface area (Å²) in [6, 6.07) is 20.2. The van der Waals surface area contributed by atoms with Crippen LogP contribution in [-0.4, -0.2) is 19.0 Å². The van der Waals surface area contributed by atoms with Crippen molar-refractivity contribution in [2.24, 2.45) is 0 Å². The van der Waals surface area contributed by atoms with E-state index in [1.165, 1.54) is 13.2 Å². The van der Waals surface area contributed by atoms with Gasteiger partial charge in [0.05, 0.1) is 12.7 Å². The maximum Gasteiger partial charge on any atom is 0.343 e. The van der Waals surface area contributed by atoms with Gasteiger partial charge in [-0.25, -0.2) is 4.79 Å². The molecule has 0 atom stereocenters. The summed E-state index contributed by atoms with van der Waals surface area (Å²) in [6.07, 6.45) is 1.41. The Balaban J connectivity index is 1.79. The SMILES string of the molecule is COc1cc(/C=C(\C#N)C(=O)Nc2cccc(Cl)c2)ccc1OC(=O)c1ccc(C)cc1. The summed E-state index contributed by atoms with van der Waals surface area (Å²) in [6.45, 7) is 1.93. The zero-order valence-corrected chi connectivity index (χ0v) is 18.1. The molecule has 0 bridgehead atoms. The highest BCUT2D eigenvalue weighted by atomic mass is 35.5. The first-order valence-corrected chi connectivity index (χ1v) is 9.93.